The van der Waals surface area contributed by atoms with Crippen molar-refractivity contribution in [1.29, 1.82) is 0 Å². The number of hydrogen-bond acceptors (Lipinski definition) is 3. The number of aromatic nitrogens is 1. The minimum atomic E-state index is 0.128. The molecule has 0 atom stereocenters. The highest BCUT2D eigenvalue weighted by Gasteiger charge is 1.88. The van der Waals surface area contributed by atoms with E-state index in [9.17, 15) is 0 Å². The maximum Gasteiger partial charge on any atom is 0.122 e. The van der Waals surface area contributed by atoms with Gasteiger partial charge in [-0.3, -0.25) is 4.98 Å². The molecule has 0 unspecified atom stereocenters. The predicted molar refractivity (Wildman–Crippen MR) is 48.1 cm³/mol. The first-order valence-electron chi connectivity index (χ1n) is 3.88. The molecule has 0 aromatic carbocycles. The molecule has 0 spiro atoms. The minimum Gasteiger partial charge on any atom is -0.393 e. The summed E-state index contributed by atoms with van der Waals surface area (Å²) >= 11 is 0. The Morgan fingerprint density at radius 1 is 1.42 bits per heavy atom. The third kappa shape index (κ3) is 3.14. The molecule has 0 aliphatic carbocycles. The highest BCUT2D eigenvalue weighted by atomic mass is 16.6. The van der Waals surface area contributed by atoms with Gasteiger partial charge in [0, 0.05) is 12.4 Å². The quantitative estimate of drug-likeness (QED) is 0.504. The molecule has 3 heteroatoms. The second kappa shape index (κ2) is 4.49. The minimum absolute atomic E-state index is 0.128. The molecule has 64 valence electrons. The summed E-state index contributed by atoms with van der Waals surface area (Å²) in [6, 6.07) is 3.74. The van der Waals surface area contributed by atoms with Gasteiger partial charge in [0.1, 0.15) is 6.10 Å². The average molecular weight is 164 g/mol. The standard InChI is InChI=1S/C9H12N2O/c1-8(2)12-11-7-9-3-5-10-6-4-9/h3-8H,1-2H3. The van der Waals surface area contributed by atoms with Crippen molar-refractivity contribution in [1.82, 2.24) is 4.98 Å². The largest absolute Gasteiger partial charge is 0.393 e. The molecule has 3 nitrogen and oxygen atoms in total. The third-order valence-corrected chi connectivity index (χ3v) is 1.18. The summed E-state index contributed by atoms with van der Waals surface area (Å²) in [6.07, 6.45) is 5.23. The maximum absolute atomic E-state index is 4.99. The van der Waals surface area contributed by atoms with Crippen molar-refractivity contribution < 1.29 is 4.84 Å². The number of rotatable bonds is 3. The zero-order valence-electron chi connectivity index (χ0n) is 7.27. The summed E-state index contributed by atoms with van der Waals surface area (Å²) in [5, 5.41) is 3.79. The molecule has 0 N–H and O–H groups in total. The van der Waals surface area contributed by atoms with E-state index >= 15 is 0 Å². The van der Waals surface area contributed by atoms with Gasteiger partial charge in [-0.1, -0.05) is 5.16 Å². The number of oxime groups is 1. The van der Waals surface area contributed by atoms with Crippen LogP contribution in [0.15, 0.2) is 29.7 Å². The molecule has 1 aromatic rings. The van der Waals surface area contributed by atoms with Crippen LogP contribution in [-0.4, -0.2) is 17.3 Å². The lowest BCUT2D eigenvalue weighted by Crippen LogP contribution is -1.95. The maximum atomic E-state index is 4.99. The van der Waals surface area contributed by atoms with E-state index in [1.54, 1.807) is 18.6 Å². The highest BCUT2D eigenvalue weighted by molar-refractivity contribution is 5.78. The number of pyridine rings is 1. The molecular formula is C9H12N2O. The molecule has 1 heterocycles. The zero-order valence-corrected chi connectivity index (χ0v) is 7.27. The molecule has 1 rings (SSSR count). The van der Waals surface area contributed by atoms with Gasteiger partial charge in [-0.05, 0) is 31.5 Å². The van der Waals surface area contributed by atoms with E-state index in [1.807, 2.05) is 26.0 Å². The molecule has 0 fully saturated rings. The van der Waals surface area contributed by atoms with Crippen LogP contribution in [-0.2, 0) is 4.84 Å². The lowest BCUT2D eigenvalue weighted by atomic mass is 10.3. The molecule has 0 amide bonds. The number of nitrogens with zero attached hydrogens (tertiary/aromatic N) is 2. The fourth-order valence-electron chi connectivity index (χ4n) is 0.663. The second-order valence-corrected chi connectivity index (χ2v) is 2.67. The van der Waals surface area contributed by atoms with Crippen molar-refractivity contribution >= 4 is 6.21 Å². The zero-order chi connectivity index (χ0) is 8.81. The van der Waals surface area contributed by atoms with Gasteiger partial charge in [0.2, 0.25) is 0 Å². The Balaban J connectivity index is 2.47. The second-order valence-electron chi connectivity index (χ2n) is 2.67. The van der Waals surface area contributed by atoms with E-state index in [1.165, 1.54) is 0 Å². The van der Waals surface area contributed by atoms with Crippen molar-refractivity contribution in [3.8, 4) is 0 Å². The Kier molecular flexibility index (Phi) is 3.26. The van der Waals surface area contributed by atoms with Gasteiger partial charge in [-0.25, -0.2) is 0 Å². The molecule has 0 radical (unpaired) electrons. The van der Waals surface area contributed by atoms with E-state index in [0.717, 1.165) is 5.56 Å². The lowest BCUT2D eigenvalue weighted by Gasteiger charge is -1.99. The monoisotopic (exact) mass is 164 g/mol. The fraction of sp³-hybridized carbons (Fsp3) is 0.333. The smallest absolute Gasteiger partial charge is 0.122 e. The molecular weight excluding hydrogens is 152 g/mol. The van der Waals surface area contributed by atoms with Gasteiger partial charge >= 0.3 is 0 Å². The Labute approximate surface area is 72.1 Å². The fourth-order valence-corrected chi connectivity index (χ4v) is 0.663. The first-order chi connectivity index (χ1) is 5.79. The first kappa shape index (κ1) is 8.71. The average Bonchev–Trinajstić information content (AvgIpc) is 2.05. The Morgan fingerprint density at radius 2 is 2.08 bits per heavy atom. The molecule has 0 saturated heterocycles. The summed E-state index contributed by atoms with van der Waals surface area (Å²) in [7, 11) is 0. The Morgan fingerprint density at radius 3 is 2.67 bits per heavy atom. The van der Waals surface area contributed by atoms with E-state index in [0.29, 0.717) is 0 Å². The highest BCUT2D eigenvalue weighted by Crippen LogP contribution is 1.93. The molecule has 0 aliphatic heterocycles. The normalized spacial score (nSPS) is 10.9. The van der Waals surface area contributed by atoms with E-state index < -0.39 is 0 Å². The van der Waals surface area contributed by atoms with Crippen LogP contribution in [0.4, 0.5) is 0 Å². The summed E-state index contributed by atoms with van der Waals surface area (Å²) in [4.78, 5) is 8.88. The van der Waals surface area contributed by atoms with Crippen LogP contribution in [0.2, 0.25) is 0 Å². The first-order valence-corrected chi connectivity index (χ1v) is 3.88. The SMILES string of the molecule is CC(C)ON=Cc1ccncc1. The predicted octanol–water partition coefficient (Wildman–Crippen LogP) is 1.84. The van der Waals surface area contributed by atoms with Crippen molar-refractivity contribution in [3.05, 3.63) is 30.1 Å². The van der Waals surface area contributed by atoms with E-state index in [2.05, 4.69) is 10.1 Å². The molecule has 1 aromatic heterocycles. The van der Waals surface area contributed by atoms with E-state index in [4.69, 9.17) is 4.84 Å². The van der Waals surface area contributed by atoms with Gasteiger partial charge in [-0.15, -0.1) is 0 Å². The van der Waals surface area contributed by atoms with Crippen LogP contribution in [0.1, 0.15) is 19.4 Å². The van der Waals surface area contributed by atoms with Gasteiger partial charge in [0.05, 0.1) is 6.21 Å². The van der Waals surface area contributed by atoms with Gasteiger partial charge in [-0.2, -0.15) is 0 Å². The topological polar surface area (TPSA) is 34.5 Å². The Hall–Kier alpha value is -1.38. The van der Waals surface area contributed by atoms with Crippen molar-refractivity contribution in [2.24, 2.45) is 5.16 Å². The summed E-state index contributed by atoms with van der Waals surface area (Å²) in [6.45, 7) is 3.87. The molecule has 12 heavy (non-hydrogen) atoms. The van der Waals surface area contributed by atoms with Crippen LogP contribution < -0.4 is 0 Å². The lowest BCUT2D eigenvalue weighted by molar-refractivity contribution is 0.0874. The molecule has 0 saturated carbocycles. The molecule has 0 bridgehead atoms. The van der Waals surface area contributed by atoms with Crippen LogP contribution in [0.25, 0.3) is 0 Å². The summed E-state index contributed by atoms with van der Waals surface area (Å²) < 4.78 is 0. The molecule has 0 aliphatic rings. The van der Waals surface area contributed by atoms with Crippen LogP contribution in [0.3, 0.4) is 0 Å². The van der Waals surface area contributed by atoms with Crippen LogP contribution >= 0.6 is 0 Å². The number of hydrogen-bond donors (Lipinski definition) is 0. The van der Waals surface area contributed by atoms with Crippen molar-refractivity contribution in [2.75, 3.05) is 0 Å². The van der Waals surface area contributed by atoms with Crippen LogP contribution in [0, 0.1) is 0 Å². The van der Waals surface area contributed by atoms with Crippen molar-refractivity contribution in [2.45, 2.75) is 20.0 Å². The van der Waals surface area contributed by atoms with Gasteiger partial charge < -0.3 is 4.84 Å². The third-order valence-electron chi connectivity index (χ3n) is 1.18. The van der Waals surface area contributed by atoms with E-state index in [-0.39, 0.29) is 6.10 Å². The van der Waals surface area contributed by atoms with Crippen molar-refractivity contribution in [3.63, 3.8) is 0 Å². The van der Waals surface area contributed by atoms with Gasteiger partial charge in [0.25, 0.3) is 0 Å². The summed E-state index contributed by atoms with van der Waals surface area (Å²) in [5.41, 5.74) is 0.991. The van der Waals surface area contributed by atoms with Crippen LogP contribution in [0.5, 0.6) is 0 Å². The summed E-state index contributed by atoms with van der Waals surface area (Å²) in [5.74, 6) is 0. The Bertz CT molecular complexity index is 244. The van der Waals surface area contributed by atoms with Gasteiger partial charge in [0.15, 0.2) is 0 Å².